The van der Waals surface area contributed by atoms with E-state index in [1.807, 2.05) is 12.1 Å². The van der Waals surface area contributed by atoms with Crippen molar-refractivity contribution in [2.45, 2.75) is 31.1 Å². The molecule has 1 aliphatic carbocycles. The topological polar surface area (TPSA) is 73.9 Å². The molecular formula is C24H24FNO5. The number of carbonyl (C=O) groups is 2. The molecule has 1 heterocycles. The van der Waals surface area contributed by atoms with Crippen LogP contribution in [0.3, 0.4) is 0 Å². The molecule has 0 spiro atoms. The molecule has 2 aromatic carbocycles. The Labute approximate surface area is 180 Å². The fraction of sp³-hybridized carbons (Fsp3) is 0.333. The minimum absolute atomic E-state index is 0.0191. The van der Waals surface area contributed by atoms with Crippen LogP contribution in [-0.4, -0.2) is 33.0 Å². The summed E-state index contributed by atoms with van der Waals surface area (Å²) in [5, 5.41) is 2.90. The molecule has 0 saturated heterocycles. The van der Waals surface area contributed by atoms with Crippen LogP contribution in [-0.2, 0) is 9.59 Å². The van der Waals surface area contributed by atoms with Gasteiger partial charge in [0.05, 0.1) is 21.3 Å². The third-order valence-electron chi connectivity index (χ3n) is 5.97. The van der Waals surface area contributed by atoms with Crippen LogP contribution < -0.4 is 19.5 Å². The predicted octanol–water partition coefficient (Wildman–Crippen LogP) is 3.86. The van der Waals surface area contributed by atoms with Crippen LogP contribution in [0, 0.1) is 5.82 Å². The van der Waals surface area contributed by atoms with Gasteiger partial charge in [0, 0.05) is 30.0 Å². The van der Waals surface area contributed by atoms with Crippen LogP contribution in [0.15, 0.2) is 47.7 Å². The number of allylic oxidation sites excluding steroid dienone is 2. The first-order valence-corrected chi connectivity index (χ1v) is 10.1. The minimum Gasteiger partial charge on any atom is -0.493 e. The molecule has 7 heteroatoms. The Bertz CT molecular complexity index is 1040. The van der Waals surface area contributed by atoms with Crippen LogP contribution in [0.2, 0.25) is 0 Å². The van der Waals surface area contributed by atoms with Gasteiger partial charge in [-0.2, -0.15) is 0 Å². The van der Waals surface area contributed by atoms with Crippen molar-refractivity contribution in [3.05, 3.63) is 64.6 Å². The molecule has 1 aliphatic heterocycles. The standard InChI is InChI=1S/C24H24FNO5/c1-29-20-10-15(11-21(30-2)24(20)31-3)14-8-18-23(19(27)9-14)17(12-22(28)26-18)13-4-6-16(25)7-5-13/h4-7,10-11,14,17H,8-9,12H2,1-3H3,(H,26,28)/t14-,17-/m1/s1. The Kier molecular flexibility index (Phi) is 5.67. The number of carbonyl (C=O) groups excluding carboxylic acids is 2. The van der Waals surface area contributed by atoms with E-state index in [2.05, 4.69) is 5.32 Å². The van der Waals surface area contributed by atoms with Gasteiger partial charge in [-0.05, 0) is 47.7 Å². The number of amides is 1. The van der Waals surface area contributed by atoms with Gasteiger partial charge < -0.3 is 19.5 Å². The molecule has 0 radical (unpaired) electrons. The zero-order valence-electron chi connectivity index (χ0n) is 17.7. The highest BCUT2D eigenvalue weighted by Crippen LogP contribution is 2.46. The number of benzene rings is 2. The van der Waals surface area contributed by atoms with E-state index in [0.29, 0.717) is 41.4 Å². The third kappa shape index (κ3) is 3.87. The summed E-state index contributed by atoms with van der Waals surface area (Å²) in [6.45, 7) is 0. The fourth-order valence-electron chi connectivity index (χ4n) is 4.51. The summed E-state index contributed by atoms with van der Waals surface area (Å²) in [6.07, 6.45) is 0.971. The highest BCUT2D eigenvalue weighted by atomic mass is 19.1. The van der Waals surface area contributed by atoms with Gasteiger partial charge in [0.2, 0.25) is 11.7 Å². The molecule has 0 aromatic heterocycles. The van der Waals surface area contributed by atoms with E-state index in [4.69, 9.17) is 14.2 Å². The van der Waals surface area contributed by atoms with Gasteiger partial charge >= 0.3 is 0 Å². The average Bonchev–Trinajstić information content (AvgIpc) is 2.77. The number of nitrogens with one attached hydrogen (secondary N) is 1. The van der Waals surface area contributed by atoms with E-state index < -0.39 is 0 Å². The number of hydrogen-bond donors (Lipinski definition) is 1. The smallest absolute Gasteiger partial charge is 0.225 e. The summed E-state index contributed by atoms with van der Waals surface area (Å²) in [7, 11) is 4.62. The molecule has 6 nitrogen and oxygen atoms in total. The van der Waals surface area contributed by atoms with E-state index in [1.165, 1.54) is 19.2 Å². The maximum Gasteiger partial charge on any atom is 0.225 e. The van der Waals surface area contributed by atoms with Gasteiger partial charge in [-0.3, -0.25) is 9.59 Å². The normalized spacial score (nSPS) is 20.8. The zero-order valence-corrected chi connectivity index (χ0v) is 17.7. The van der Waals surface area contributed by atoms with Gasteiger partial charge in [0.1, 0.15) is 5.82 Å². The summed E-state index contributed by atoms with van der Waals surface area (Å²) < 4.78 is 29.6. The molecule has 2 aromatic rings. The molecule has 1 amide bonds. The lowest BCUT2D eigenvalue weighted by Gasteiger charge is -2.34. The van der Waals surface area contributed by atoms with Crippen LogP contribution >= 0.6 is 0 Å². The van der Waals surface area contributed by atoms with Crippen LogP contribution in [0.5, 0.6) is 17.2 Å². The van der Waals surface area contributed by atoms with E-state index in [9.17, 15) is 14.0 Å². The van der Waals surface area contributed by atoms with E-state index >= 15 is 0 Å². The Morgan fingerprint density at radius 2 is 1.52 bits per heavy atom. The summed E-state index contributed by atoms with van der Waals surface area (Å²) >= 11 is 0. The summed E-state index contributed by atoms with van der Waals surface area (Å²) in [5.41, 5.74) is 2.89. The molecule has 2 atom stereocenters. The fourth-order valence-corrected chi connectivity index (χ4v) is 4.51. The molecule has 0 bridgehead atoms. The lowest BCUT2D eigenvalue weighted by atomic mass is 9.73. The lowest BCUT2D eigenvalue weighted by Crippen LogP contribution is -2.38. The molecule has 2 aliphatic rings. The Morgan fingerprint density at radius 1 is 0.871 bits per heavy atom. The second-order valence-electron chi connectivity index (χ2n) is 7.74. The first kappa shape index (κ1) is 20.9. The number of rotatable bonds is 5. The average molecular weight is 425 g/mol. The van der Waals surface area contributed by atoms with Crippen LogP contribution in [0.4, 0.5) is 4.39 Å². The third-order valence-corrected chi connectivity index (χ3v) is 5.97. The largest absolute Gasteiger partial charge is 0.493 e. The molecule has 31 heavy (non-hydrogen) atoms. The highest BCUT2D eigenvalue weighted by Gasteiger charge is 2.38. The number of Topliss-reactive ketones (excluding diaryl/α,β-unsaturated/α-hetero) is 1. The second kappa shape index (κ2) is 8.41. The SMILES string of the molecule is COc1cc([C@H]2CC(=O)C3=C(C2)NC(=O)C[C@@H]3c2ccc(F)cc2)cc(OC)c1OC. The van der Waals surface area contributed by atoms with Gasteiger partial charge in [-0.1, -0.05) is 12.1 Å². The quantitative estimate of drug-likeness (QED) is 0.788. The van der Waals surface area contributed by atoms with E-state index in [-0.39, 0.29) is 35.8 Å². The zero-order chi connectivity index (χ0) is 22.1. The molecule has 162 valence electrons. The van der Waals surface area contributed by atoms with Crippen molar-refractivity contribution in [1.29, 1.82) is 0 Å². The maximum absolute atomic E-state index is 13.4. The number of methoxy groups -OCH3 is 3. The first-order chi connectivity index (χ1) is 14.9. The van der Waals surface area contributed by atoms with Crippen molar-refractivity contribution in [3.63, 3.8) is 0 Å². The summed E-state index contributed by atoms with van der Waals surface area (Å²) in [5.74, 6) is 0.487. The van der Waals surface area contributed by atoms with Crippen molar-refractivity contribution >= 4 is 11.7 Å². The highest BCUT2D eigenvalue weighted by molar-refractivity contribution is 6.02. The van der Waals surface area contributed by atoms with Crippen molar-refractivity contribution in [2.24, 2.45) is 0 Å². The molecule has 4 rings (SSSR count). The summed E-state index contributed by atoms with van der Waals surface area (Å²) in [6, 6.07) is 9.67. The van der Waals surface area contributed by atoms with Gasteiger partial charge in [-0.15, -0.1) is 0 Å². The Balaban J connectivity index is 1.72. The summed E-state index contributed by atoms with van der Waals surface area (Å²) in [4.78, 5) is 25.6. The van der Waals surface area contributed by atoms with Crippen molar-refractivity contribution in [1.82, 2.24) is 5.32 Å². The van der Waals surface area contributed by atoms with Gasteiger partial charge in [0.15, 0.2) is 17.3 Å². The molecular weight excluding hydrogens is 401 g/mol. The maximum atomic E-state index is 13.4. The lowest BCUT2D eigenvalue weighted by molar-refractivity contribution is -0.122. The monoisotopic (exact) mass is 425 g/mol. The molecule has 1 N–H and O–H groups in total. The van der Waals surface area contributed by atoms with E-state index in [1.54, 1.807) is 26.4 Å². The van der Waals surface area contributed by atoms with Gasteiger partial charge in [-0.25, -0.2) is 4.39 Å². The predicted molar refractivity (Wildman–Crippen MR) is 112 cm³/mol. The van der Waals surface area contributed by atoms with E-state index in [0.717, 1.165) is 11.1 Å². The molecule has 0 saturated carbocycles. The Morgan fingerprint density at radius 3 is 2.10 bits per heavy atom. The van der Waals surface area contributed by atoms with Crippen molar-refractivity contribution < 1.29 is 28.2 Å². The van der Waals surface area contributed by atoms with Crippen molar-refractivity contribution in [3.8, 4) is 17.2 Å². The molecule has 0 unspecified atom stereocenters. The minimum atomic E-state index is -0.363. The first-order valence-electron chi connectivity index (χ1n) is 10.1. The van der Waals surface area contributed by atoms with Gasteiger partial charge in [0.25, 0.3) is 0 Å². The van der Waals surface area contributed by atoms with Crippen LogP contribution in [0.1, 0.15) is 42.2 Å². The van der Waals surface area contributed by atoms with Crippen LogP contribution in [0.25, 0.3) is 0 Å². The Hall–Kier alpha value is -3.35. The van der Waals surface area contributed by atoms with Crippen molar-refractivity contribution in [2.75, 3.05) is 21.3 Å². The number of ketones is 1. The number of ether oxygens (including phenoxy) is 3. The second-order valence-corrected chi connectivity index (χ2v) is 7.74. The number of hydrogen-bond acceptors (Lipinski definition) is 5. The molecule has 0 fully saturated rings. The number of halogens is 1.